The van der Waals surface area contributed by atoms with Gasteiger partial charge in [0.15, 0.2) is 4.96 Å². The van der Waals surface area contributed by atoms with E-state index in [1.807, 2.05) is 36.7 Å². The van der Waals surface area contributed by atoms with E-state index in [1.54, 1.807) is 4.40 Å². The average molecular weight is 271 g/mol. The van der Waals surface area contributed by atoms with Crippen LogP contribution < -0.4 is 11.3 Å². The minimum absolute atomic E-state index is 0.235. The molecule has 0 saturated carbocycles. The van der Waals surface area contributed by atoms with Crippen LogP contribution in [0.15, 0.2) is 40.6 Å². The zero-order valence-electron chi connectivity index (χ0n) is 10.5. The highest BCUT2D eigenvalue weighted by Crippen LogP contribution is 2.17. The first-order chi connectivity index (χ1) is 9.15. The number of hydrogen-bond donors (Lipinski definition) is 1. The molecule has 0 unspecified atom stereocenters. The largest absolute Gasteiger partial charge is 0.384 e. The molecule has 19 heavy (non-hydrogen) atoms. The zero-order chi connectivity index (χ0) is 13.4. The first-order valence-corrected chi connectivity index (χ1v) is 6.83. The lowest BCUT2D eigenvalue weighted by Crippen LogP contribution is -2.18. The summed E-state index contributed by atoms with van der Waals surface area (Å²) >= 11 is 1.40. The van der Waals surface area contributed by atoms with Gasteiger partial charge in [0.05, 0.1) is 5.56 Å². The minimum atomic E-state index is -0.235. The van der Waals surface area contributed by atoms with Crippen molar-refractivity contribution in [2.75, 3.05) is 5.73 Å². The molecule has 3 aromatic rings. The standard InChI is InChI=1S/C14H13N3OS/c1-9-3-2-4-10(7-9)8-11-12(15)17-5-6-19-14(17)16-13(11)18/h2-7H,8,15H2,1H3. The molecule has 0 radical (unpaired) electrons. The predicted octanol–water partition coefficient (Wildman–Crippen LogP) is 2.24. The Morgan fingerprint density at radius 2 is 2.26 bits per heavy atom. The number of aryl methyl sites for hydroxylation is 1. The van der Waals surface area contributed by atoms with Gasteiger partial charge in [-0.05, 0) is 12.5 Å². The summed E-state index contributed by atoms with van der Waals surface area (Å²) in [5.74, 6) is 0.484. The molecule has 0 spiro atoms. The number of thiazole rings is 1. The van der Waals surface area contributed by atoms with Crippen molar-refractivity contribution in [2.24, 2.45) is 0 Å². The molecule has 0 aliphatic rings. The number of nitrogen functional groups attached to an aromatic ring is 1. The maximum Gasteiger partial charge on any atom is 0.279 e. The van der Waals surface area contributed by atoms with Gasteiger partial charge in [0, 0.05) is 18.0 Å². The second-order valence-electron chi connectivity index (χ2n) is 4.50. The molecule has 96 valence electrons. The Morgan fingerprint density at radius 3 is 3.05 bits per heavy atom. The molecule has 0 aliphatic heterocycles. The Bertz CT molecular complexity index is 804. The molecule has 0 bridgehead atoms. The molecular weight excluding hydrogens is 258 g/mol. The number of nitrogens with zero attached hydrogens (tertiary/aromatic N) is 2. The summed E-state index contributed by atoms with van der Waals surface area (Å²) in [6.45, 7) is 2.03. The maximum absolute atomic E-state index is 12.0. The quantitative estimate of drug-likeness (QED) is 0.777. The summed E-state index contributed by atoms with van der Waals surface area (Å²) in [5, 5.41) is 1.87. The number of rotatable bonds is 2. The summed E-state index contributed by atoms with van der Waals surface area (Å²) in [6, 6.07) is 8.06. The van der Waals surface area contributed by atoms with Crippen molar-refractivity contribution in [3.8, 4) is 0 Å². The number of aromatic nitrogens is 2. The molecule has 0 atom stereocenters. The normalized spacial score (nSPS) is 11.0. The predicted molar refractivity (Wildman–Crippen MR) is 77.7 cm³/mol. The van der Waals surface area contributed by atoms with Crippen molar-refractivity contribution < 1.29 is 0 Å². The van der Waals surface area contributed by atoms with E-state index >= 15 is 0 Å². The fourth-order valence-corrected chi connectivity index (χ4v) is 2.85. The highest BCUT2D eigenvalue weighted by molar-refractivity contribution is 7.15. The molecule has 5 heteroatoms. The Kier molecular flexibility index (Phi) is 2.83. The maximum atomic E-state index is 12.0. The molecule has 0 saturated heterocycles. The first-order valence-electron chi connectivity index (χ1n) is 5.95. The van der Waals surface area contributed by atoms with Gasteiger partial charge in [0.1, 0.15) is 5.82 Å². The smallest absolute Gasteiger partial charge is 0.279 e. The van der Waals surface area contributed by atoms with Crippen LogP contribution in [0, 0.1) is 6.92 Å². The van der Waals surface area contributed by atoms with E-state index < -0.39 is 0 Å². The topological polar surface area (TPSA) is 60.4 Å². The van der Waals surface area contributed by atoms with Crippen LogP contribution in [0.3, 0.4) is 0 Å². The van der Waals surface area contributed by atoms with Crippen molar-refractivity contribution in [2.45, 2.75) is 13.3 Å². The molecule has 4 nitrogen and oxygen atoms in total. The molecule has 2 aromatic heterocycles. The van der Waals surface area contributed by atoms with E-state index in [1.165, 1.54) is 16.9 Å². The van der Waals surface area contributed by atoms with Gasteiger partial charge in [-0.3, -0.25) is 9.20 Å². The zero-order valence-corrected chi connectivity index (χ0v) is 11.3. The fourth-order valence-electron chi connectivity index (χ4n) is 2.14. The monoisotopic (exact) mass is 271 g/mol. The highest BCUT2D eigenvalue weighted by atomic mass is 32.1. The summed E-state index contributed by atoms with van der Waals surface area (Å²) in [5.41, 5.74) is 8.64. The second-order valence-corrected chi connectivity index (χ2v) is 5.38. The van der Waals surface area contributed by atoms with Crippen molar-refractivity contribution in [1.82, 2.24) is 9.38 Å². The molecule has 0 amide bonds. The van der Waals surface area contributed by atoms with E-state index in [9.17, 15) is 4.79 Å². The Morgan fingerprint density at radius 1 is 1.42 bits per heavy atom. The fraction of sp³-hybridized carbons (Fsp3) is 0.143. The average Bonchev–Trinajstić information content (AvgIpc) is 2.83. The molecule has 2 N–H and O–H groups in total. The SMILES string of the molecule is Cc1cccc(Cc2c(N)n3ccsc3nc2=O)c1. The van der Waals surface area contributed by atoms with Gasteiger partial charge in [-0.25, -0.2) is 0 Å². The molecule has 0 fully saturated rings. The summed E-state index contributed by atoms with van der Waals surface area (Å²) in [6.07, 6.45) is 2.35. The van der Waals surface area contributed by atoms with Crippen LogP contribution in [0.2, 0.25) is 0 Å². The number of benzene rings is 1. The van der Waals surface area contributed by atoms with Gasteiger partial charge in [-0.15, -0.1) is 11.3 Å². The van der Waals surface area contributed by atoms with Gasteiger partial charge in [0.25, 0.3) is 5.56 Å². The third-order valence-corrected chi connectivity index (χ3v) is 3.83. The lowest BCUT2D eigenvalue weighted by atomic mass is 10.0. The van der Waals surface area contributed by atoms with Crippen LogP contribution in [0.5, 0.6) is 0 Å². The van der Waals surface area contributed by atoms with Gasteiger partial charge in [0.2, 0.25) is 0 Å². The van der Waals surface area contributed by atoms with Crippen LogP contribution in [0.25, 0.3) is 4.96 Å². The van der Waals surface area contributed by atoms with Crippen molar-refractivity contribution in [1.29, 1.82) is 0 Å². The minimum Gasteiger partial charge on any atom is -0.384 e. The van der Waals surface area contributed by atoms with Gasteiger partial charge in [-0.1, -0.05) is 29.8 Å². The number of nitrogens with two attached hydrogens (primary N) is 1. The lowest BCUT2D eigenvalue weighted by Gasteiger charge is -2.07. The van der Waals surface area contributed by atoms with E-state index in [-0.39, 0.29) is 5.56 Å². The molecule has 1 aromatic carbocycles. The van der Waals surface area contributed by atoms with E-state index in [4.69, 9.17) is 5.73 Å². The van der Waals surface area contributed by atoms with Crippen LogP contribution in [-0.2, 0) is 6.42 Å². The summed E-state index contributed by atoms with van der Waals surface area (Å²) < 4.78 is 1.76. The summed E-state index contributed by atoms with van der Waals surface area (Å²) in [4.78, 5) is 16.7. The summed E-state index contributed by atoms with van der Waals surface area (Å²) in [7, 11) is 0. The Labute approximate surface area is 114 Å². The Hall–Kier alpha value is -2.14. The van der Waals surface area contributed by atoms with Crippen LogP contribution in [-0.4, -0.2) is 9.38 Å². The lowest BCUT2D eigenvalue weighted by molar-refractivity contribution is 1.03. The third kappa shape index (κ3) is 2.13. The highest BCUT2D eigenvalue weighted by Gasteiger charge is 2.11. The van der Waals surface area contributed by atoms with Crippen molar-refractivity contribution in [3.05, 3.63) is 62.9 Å². The molecule has 0 aliphatic carbocycles. The van der Waals surface area contributed by atoms with E-state index in [0.717, 1.165) is 5.56 Å². The van der Waals surface area contributed by atoms with Gasteiger partial charge in [-0.2, -0.15) is 4.98 Å². The second kappa shape index (κ2) is 4.51. The van der Waals surface area contributed by atoms with Gasteiger partial charge >= 0.3 is 0 Å². The van der Waals surface area contributed by atoms with Crippen LogP contribution in [0.4, 0.5) is 5.82 Å². The third-order valence-electron chi connectivity index (χ3n) is 3.08. The van der Waals surface area contributed by atoms with Gasteiger partial charge < -0.3 is 5.73 Å². The van der Waals surface area contributed by atoms with Crippen molar-refractivity contribution in [3.63, 3.8) is 0 Å². The number of fused-ring (bicyclic) bond motifs is 1. The van der Waals surface area contributed by atoms with E-state index in [2.05, 4.69) is 11.1 Å². The number of anilines is 1. The first kappa shape index (κ1) is 11.9. The van der Waals surface area contributed by atoms with Crippen LogP contribution >= 0.6 is 11.3 Å². The molecular formula is C14H13N3OS. The molecule has 2 heterocycles. The van der Waals surface area contributed by atoms with Crippen LogP contribution in [0.1, 0.15) is 16.7 Å². The Balaban J connectivity index is 2.12. The van der Waals surface area contributed by atoms with Crippen molar-refractivity contribution >= 4 is 22.1 Å². The number of hydrogen-bond acceptors (Lipinski definition) is 4. The van der Waals surface area contributed by atoms with E-state index in [0.29, 0.717) is 22.8 Å². The molecule has 3 rings (SSSR count).